The quantitative estimate of drug-likeness (QED) is 0.619. The van der Waals surface area contributed by atoms with Gasteiger partial charge in [0.2, 0.25) is 0 Å². The van der Waals surface area contributed by atoms with Crippen LogP contribution in [0.2, 0.25) is 5.04 Å². The number of hydrogen-bond acceptors (Lipinski definition) is 2. The molecule has 1 N–H and O–H groups in total. The molecule has 0 aromatic carbocycles. The van der Waals surface area contributed by atoms with E-state index >= 15 is 0 Å². The highest BCUT2D eigenvalue weighted by molar-refractivity contribution is 6.31. The zero-order valence-electron chi connectivity index (χ0n) is 7.35. The standard InChI is InChI=1S/C7H18O2Si/c1-6(5-8)9-10-7(2,3)4/h6,8H,5,10H2,1-4H3. The van der Waals surface area contributed by atoms with Crippen LogP contribution in [-0.2, 0) is 4.43 Å². The molecule has 0 saturated carbocycles. The molecule has 3 heteroatoms. The smallest absolute Gasteiger partial charge is 0.167 e. The fourth-order valence-corrected chi connectivity index (χ4v) is 1.33. The number of hydrogen-bond donors (Lipinski definition) is 1. The molecule has 2 nitrogen and oxygen atoms in total. The summed E-state index contributed by atoms with van der Waals surface area (Å²) in [5.74, 6) is 0. The maximum Gasteiger partial charge on any atom is 0.167 e. The van der Waals surface area contributed by atoms with Gasteiger partial charge in [0.05, 0.1) is 12.7 Å². The zero-order chi connectivity index (χ0) is 8.20. The van der Waals surface area contributed by atoms with Crippen molar-refractivity contribution in [2.75, 3.05) is 6.61 Å². The van der Waals surface area contributed by atoms with Crippen LogP contribution in [0.3, 0.4) is 0 Å². The molecule has 1 unspecified atom stereocenters. The van der Waals surface area contributed by atoms with E-state index < -0.39 is 9.76 Å². The van der Waals surface area contributed by atoms with Crippen molar-refractivity contribution >= 4 is 9.76 Å². The van der Waals surface area contributed by atoms with Crippen molar-refractivity contribution in [3.63, 3.8) is 0 Å². The van der Waals surface area contributed by atoms with Gasteiger partial charge < -0.3 is 9.53 Å². The fraction of sp³-hybridized carbons (Fsp3) is 1.00. The number of aliphatic hydroxyl groups excluding tert-OH is 1. The molecule has 62 valence electrons. The largest absolute Gasteiger partial charge is 0.419 e. The second-order valence-electron chi connectivity index (χ2n) is 3.86. The Labute approximate surface area is 65.5 Å². The summed E-state index contributed by atoms with van der Waals surface area (Å²) in [4.78, 5) is 0. The third-order valence-corrected chi connectivity index (χ3v) is 2.66. The summed E-state index contributed by atoms with van der Waals surface area (Å²) >= 11 is 0. The van der Waals surface area contributed by atoms with Gasteiger partial charge in [0.15, 0.2) is 9.76 Å². The second-order valence-corrected chi connectivity index (χ2v) is 6.61. The molecular weight excluding hydrogens is 144 g/mol. The lowest BCUT2D eigenvalue weighted by atomic mass is 10.3. The summed E-state index contributed by atoms with van der Waals surface area (Å²) in [5, 5.41) is 8.97. The molecule has 0 bridgehead atoms. The first kappa shape index (κ1) is 10.1. The molecule has 0 aromatic heterocycles. The van der Waals surface area contributed by atoms with Gasteiger partial charge in [-0.05, 0) is 12.0 Å². The van der Waals surface area contributed by atoms with Crippen LogP contribution >= 0.6 is 0 Å². The molecule has 0 saturated heterocycles. The number of rotatable bonds is 3. The van der Waals surface area contributed by atoms with E-state index in [2.05, 4.69) is 20.8 Å². The zero-order valence-corrected chi connectivity index (χ0v) is 8.76. The Balaban J connectivity index is 3.36. The molecule has 0 spiro atoms. The van der Waals surface area contributed by atoms with E-state index in [1.165, 1.54) is 0 Å². The van der Waals surface area contributed by atoms with Crippen molar-refractivity contribution in [1.82, 2.24) is 0 Å². The third-order valence-electron chi connectivity index (χ3n) is 1.06. The van der Waals surface area contributed by atoms with E-state index in [1.54, 1.807) is 0 Å². The third kappa shape index (κ3) is 6.26. The second kappa shape index (κ2) is 4.11. The van der Waals surface area contributed by atoms with Crippen molar-refractivity contribution in [3.8, 4) is 0 Å². The Morgan fingerprint density at radius 2 is 2.00 bits per heavy atom. The Morgan fingerprint density at radius 1 is 1.50 bits per heavy atom. The first-order valence-electron chi connectivity index (χ1n) is 3.68. The van der Waals surface area contributed by atoms with Crippen molar-refractivity contribution < 1.29 is 9.53 Å². The molecule has 0 aliphatic rings. The fourth-order valence-electron chi connectivity index (χ4n) is 0.445. The minimum atomic E-state index is -0.469. The van der Waals surface area contributed by atoms with Crippen LogP contribution in [-0.4, -0.2) is 27.6 Å². The normalized spacial score (nSPS) is 16.5. The molecule has 0 radical (unpaired) electrons. The highest BCUT2D eigenvalue weighted by Gasteiger charge is 2.13. The predicted octanol–water partition coefficient (Wildman–Crippen LogP) is 0.686. The Morgan fingerprint density at radius 3 is 2.30 bits per heavy atom. The van der Waals surface area contributed by atoms with Crippen LogP contribution in [0.25, 0.3) is 0 Å². The maximum atomic E-state index is 8.63. The lowest BCUT2D eigenvalue weighted by Crippen LogP contribution is -2.21. The molecule has 0 rings (SSSR count). The topological polar surface area (TPSA) is 29.5 Å². The maximum absolute atomic E-state index is 8.63. The highest BCUT2D eigenvalue weighted by atomic mass is 28.2. The van der Waals surface area contributed by atoms with Gasteiger partial charge in [-0.15, -0.1) is 0 Å². The van der Waals surface area contributed by atoms with Crippen LogP contribution in [0.5, 0.6) is 0 Å². The van der Waals surface area contributed by atoms with Crippen LogP contribution in [0.1, 0.15) is 27.7 Å². The van der Waals surface area contributed by atoms with E-state index in [4.69, 9.17) is 9.53 Å². The van der Waals surface area contributed by atoms with Crippen molar-refractivity contribution in [2.45, 2.75) is 38.8 Å². The molecule has 0 aliphatic heterocycles. The van der Waals surface area contributed by atoms with Gasteiger partial charge in [-0.2, -0.15) is 0 Å². The van der Waals surface area contributed by atoms with Gasteiger partial charge in [-0.3, -0.25) is 0 Å². The average Bonchev–Trinajstić information content (AvgIpc) is 1.81. The van der Waals surface area contributed by atoms with E-state index in [1.807, 2.05) is 6.92 Å². The van der Waals surface area contributed by atoms with E-state index in [9.17, 15) is 0 Å². The molecule has 0 amide bonds. The summed E-state index contributed by atoms with van der Waals surface area (Å²) in [7, 11) is -0.469. The molecule has 0 fully saturated rings. The lowest BCUT2D eigenvalue weighted by Gasteiger charge is -2.19. The van der Waals surface area contributed by atoms with Gasteiger partial charge in [-0.25, -0.2) is 0 Å². The van der Waals surface area contributed by atoms with Crippen molar-refractivity contribution in [1.29, 1.82) is 0 Å². The first-order valence-corrected chi connectivity index (χ1v) is 4.96. The van der Waals surface area contributed by atoms with Crippen LogP contribution in [0.15, 0.2) is 0 Å². The highest BCUT2D eigenvalue weighted by Crippen LogP contribution is 2.20. The average molecular weight is 162 g/mol. The van der Waals surface area contributed by atoms with Crippen LogP contribution in [0.4, 0.5) is 0 Å². The van der Waals surface area contributed by atoms with Gasteiger partial charge in [-0.1, -0.05) is 20.8 Å². The number of aliphatic hydroxyl groups is 1. The summed E-state index contributed by atoms with van der Waals surface area (Å²) in [5.41, 5.74) is 0. The predicted molar refractivity (Wildman–Crippen MR) is 45.9 cm³/mol. The molecule has 0 aromatic rings. The lowest BCUT2D eigenvalue weighted by molar-refractivity contribution is 0.130. The summed E-state index contributed by atoms with van der Waals surface area (Å²) in [6, 6.07) is 0. The Bertz CT molecular complexity index is 88.1. The SMILES string of the molecule is CC(CO)O[SiH2]C(C)(C)C. The van der Waals surface area contributed by atoms with Crippen LogP contribution < -0.4 is 0 Å². The van der Waals surface area contributed by atoms with E-state index in [0.29, 0.717) is 5.04 Å². The van der Waals surface area contributed by atoms with Crippen molar-refractivity contribution in [2.24, 2.45) is 0 Å². The molecule has 10 heavy (non-hydrogen) atoms. The van der Waals surface area contributed by atoms with Gasteiger partial charge in [0.1, 0.15) is 0 Å². The molecule has 0 aliphatic carbocycles. The Kier molecular flexibility index (Phi) is 4.16. The minimum absolute atomic E-state index is 0.0332. The summed E-state index contributed by atoms with van der Waals surface area (Å²) in [6.45, 7) is 8.55. The summed E-state index contributed by atoms with van der Waals surface area (Å²) in [6.07, 6.45) is 0.0332. The first-order chi connectivity index (χ1) is 4.45. The monoisotopic (exact) mass is 162 g/mol. The van der Waals surface area contributed by atoms with Crippen molar-refractivity contribution in [3.05, 3.63) is 0 Å². The van der Waals surface area contributed by atoms with E-state index in [0.717, 1.165) is 0 Å². The Hall–Kier alpha value is 0.137. The van der Waals surface area contributed by atoms with Gasteiger partial charge in [0.25, 0.3) is 0 Å². The minimum Gasteiger partial charge on any atom is -0.419 e. The van der Waals surface area contributed by atoms with Gasteiger partial charge in [0, 0.05) is 0 Å². The van der Waals surface area contributed by atoms with E-state index in [-0.39, 0.29) is 12.7 Å². The molecular formula is C7H18O2Si. The molecule has 0 heterocycles. The van der Waals surface area contributed by atoms with Crippen LogP contribution in [0, 0.1) is 0 Å². The van der Waals surface area contributed by atoms with Gasteiger partial charge >= 0.3 is 0 Å². The summed E-state index contributed by atoms with van der Waals surface area (Å²) < 4.78 is 5.44. The molecule has 1 atom stereocenters.